The van der Waals surface area contributed by atoms with Gasteiger partial charge in [0.05, 0.1) is 5.56 Å². The highest BCUT2D eigenvalue weighted by Gasteiger charge is 2.36. The molecule has 0 aromatic carbocycles. The molecule has 0 saturated carbocycles. The second kappa shape index (κ2) is 3.20. The van der Waals surface area contributed by atoms with E-state index >= 15 is 0 Å². The van der Waals surface area contributed by atoms with Crippen LogP contribution in [0.15, 0.2) is 11.4 Å². The summed E-state index contributed by atoms with van der Waals surface area (Å²) < 4.78 is 0. The number of nitrogens with zero attached hydrogens (tertiary/aromatic N) is 1. The standard InChI is InChI=1S/C10H11NO2S/c1-6(2)5-11-9(12)7-3-4-14-8(7)10(11)13/h3-4,6H,5H2,1-2H3. The van der Waals surface area contributed by atoms with Gasteiger partial charge in [0, 0.05) is 6.54 Å². The number of carbonyl (C=O) groups excluding carboxylic acids is 2. The lowest BCUT2D eigenvalue weighted by Crippen LogP contribution is -2.33. The van der Waals surface area contributed by atoms with Gasteiger partial charge in [-0.15, -0.1) is 11.3 Å². The molecular formula is C10H11NO2S. The summed E-state index contributed by atoms with van der Waals surface area (Å²) >= 11 is 1.34. The molecule has 0 aliphatic carbocycles. The van der Waals surface area contributed by atoms with E-state index in [0.29, 0.717) is 22.9 Å². The van der Waals surface area contributed by atoms with Crippen molar-refractivity contribution in [3.05, 3.63) is 21.9 Å². The Kier molecular flexibility index (Phi) is 2.15. The lowest BCUT2D eigenvalue weighted by molar-refractivity contribution is 0.0637. The Balaban J connectivity index is 2.31. The van der Waals surface area contributed by atoms with Crippen LogP contribution in [0.25, 0.3) is 0 Å². The molecule has 0 saturated heterocycles. The molecule has 2 heterocycles. The first-order valence-electron chi connectivity index (χ1n) is 4.55. The van der Waals surface area contributed by atoms with Crippen molar-refractivity contribution in [1.29, 1.82) is 0 Å². The SMILES string of the molecule is CC(C)CN1C(=O)c2ccsc2C1=O. The number of rotatable bonds is 2. The van der Waals surface area contributed by atoms with Gasteiger partial charge in [-0.3, -0.25) is 14.5 Å². The Hall–Kier alpha value is -1.16. The zero-order chi connectivity index (χ0) is 10.3. The predicted octanol–water partition coefficient (Wildman–Crippen LogP) is 2.00. The average molecular weight is 209 g/mol. The van der Waals surface area contributed by atoms with Gasteiger partial charge in [-0.05, 0) is 17.4 Å². The van der Waals surface area contributed by atoms with Gasteiger partial charge in [0.25, 0.3) is 11.8 Å². The first kappa shape index (κ1) is 9.40. The van der Waals surface area contributed by atoms with Crippen LogP contribution >= 0.6 is 11.3 Å². The van der Waals surface area contributed by atoms with Crippen molar-refractivity contribution in [3.8, 4) is 0 Å². The van der Waals surface area contributed by atoms with Crippen molar-refractivity contribution in [1.82, 2.24) is 4.90 Å². The van der Waals surface area contributed by atoms with E-state index in [2.05, 4.69) is 0 Å². The van der Waals surface area contributed by atoms with E-state index in [-0.39, 0.29) is 11.8 Å². The van der Waals surface area contributed by atoms with Crippen LogP contribution in [0.4, 0.5) is 0 Å². The number of carbonyl (C=O) groups is 2. The minimum atomic E-state index is -0.139. The molecule has 14 heavy (non-hydrogen) atoms. The van der Waals surface area contributed by atoms with E-state index < -0.39 is 0 Å². The molecule has 1 aromatic rings. The van der Waals surface area contributed by atoms with Gasteiger partial charge in [-0.25, -0.2) is 0 Å². The molecule has 0 fully saturated rings. The lowest BCUT2D eigenvalue weighted by Gasteiger charge is -2.15. The smallest absolute Gasteiger partial charge is 0.271 e. The molecule has 0 bridgehead atoms. The molecule has 2 amide bonds. The van der Waals surface area contributed by atoms with Crippen molar-refractivity contribution in [2.75, 3.05) is 6.54 Å². The molecule has 0 spiro atoms. The summed E-state index contributed by atoms with van der Waals surface area (Å²) in [5, 5.41) is 1.78. The first-order chi connectivity index (χ1) is 6.61. The van der Waals surface area contributed by atoms with E-state index in [1.807, 2.05) is 13.8 Å². The fourth-order valence-corrected chi connectivity index (χ4v) is 2.37. The van der Waals surface area contributed by atoms with Crippen LogP contribution in [0.1, 0.15) is 33.9 Å². The molecule has 1 aliphatic heterocycles. The molecule has 0 unspecified atom stereocenters. The van der Waals surface area contributed by atoms with Crippen LogP contribution in [0.2, 0.25) is 0 Å². The van der Waals surface area contributed by atoms with E-state index in [4.69, 9.17) is 0 Å². The zero-order valence-electron chi connectivity index (χ0n) is 8.11. The number of thiophene rings is 1. The molecular weight excluding hydrogens is 198 g/mol. The maximum absolute atomic E-state index is 11.7. The van der Waals surface area contributed by atoms with Crippen molar-refractivity contribution in [2.45, 2.75) is 13.8 Å². The second-order valence-corrected chi connectivity index (χ2v) is 4.69. The van der Waals surface area contributed by atoms with Crippen LogP contribution < -0.4 is 0 Å². The predicted molar refractivity (Wildman–Crippen MR) is 54.5 cm³/mol. The minimum absolute atomic E-state index is 0.131. The van der Waals surface area contributed by atoms with Gasteiger partial charge < -0.3 is 0 Å². The van der Waals surface area contributed by atoms with Gasteiger partial charge >= 0.3 is 0 Å². The monoisotopic (exact) mass is 209 g/mol. The number of imide groups is 1. The first-order valence-corrected chi connectivity index (χ1v) is 5.43. The molecule has 1 aliphatic rings. The van der Waals surface area contributed by atoms with Crippen LogP contribution in [0, 0.1) is 5.92 Å². The van der Waals surface area contributed by atoms with Gasteiger partial charge in [0.15, 0.2) is 0 Å². The zero-order valence-corrected chi connectivity index (χ0v) is 8.93. The third-order valence-electron chi connectivity index (χ3n) is 2.13. The van der Waals surface area contributed by atoms with Crippen LogP contribution in [-0.4, -0.2) is 23.3 Å². The minimum Gasteiger partial charge on any atom is -0.273 e. The maximum atomic E-state index is 11.7. The second-order valence-electron chi connectivity index (χ2n) is 3.78. The molecule has 1 aromatic heterocycles. The largest absolute Gasteiger partial charge is 0.273 e. The molecule has 3 nitrogen and oxygen atoms in total. The molecule has 74 valence electrons. The molecule has 0 radical (unpaired) electrons. The number of fused-ring (bicyclic) bond motifs is 1. The normalized spacial score (nSPS) is 15.5. The Bertz CT molecular complexity index is 364. The fourth-order valence-electron chi connectivity index (χ4n) is 1.53. The van der Waals surface area contributed by atoms with Crippen molar-refractivity contribution in [2.24, 2.45) is 5.92 Å². The quantitative estimate of drug-likeness (QED) is 0.699. The van der Waals surface area contributed by atoms with Crippen LogP contribution in [-0.2, 0) is 0 Å². The number of hydrogen-bond donors (Lipinski definition) is 0. The highest BCUT2D eigenvalue weighted by Crippen LogP contribution is 2.27. The summed E-state index contributed by atoms with van der Waals surface area (Å²) in [7, 11) is 0. The van der Waals surface area contributed by atoms with Gasteiger partial charge in [0.1, 0.15) is 4.88 Å². The summed E-state index contributed by atoms with van der Waals surface area (Å²) in [5.41, 5.74) is 0.570. The van der Waals surface area contributed by atoms with E-state index in [1.165, 1.54) is 16.2 Å². The average Bonchev–Trinajstić information content (AvgIpc) is 2.65. The molecule has 2 rings (SSSR count). The van der Waals surface area contributed by atoms with Crippen LogP contribution in [0.3, 0.4) is 0 Å². The van der Waals surface area contributed by atoms with Crippen LogP contribution in [0.5, 0.6) is 0 Å². The maximum Gasteiger partial charge on any atom is 0.271 e. The van der Waals surface area contributed by atoms with Crippen molar-refractivity contribution < 1.29 is 9.59 Å². The number of amides is 2. The third kappa shape index (κ3) is 1.26. The van der Waals surface area contributed by atoms with Crippen molar-refractivity contribution in [3.63, 3.8) is 0 Å². The van der Waals surface area contributed by atoms with E-state index in [0.717, 1.165) is 0 Å². The number of hydrogen-bond acceptors (Lipinski definition) is 3. The molecule has 4 heteroatoms. The highest BCUT2D eigenvalue weighted by atomic mass is 32.1. The summed E-state index contributed by atoms with van der Waals surface area (Å²) in [6, 6.07) is 1.72. The Morgan fingerprint density at radius 1 is 1.36 bits per heavy atom. The summed E-state index contributed by atoms with van der Waals surface area (Å²) in [6.07, 6.45) is 0. The topological polar surface area (TPSA) is 37.4 Å². The lowest BCUT2D eigenvalue weighted by atomic mass is 10.2. The highest BCUT2D eigenvalue weighted by molar-refractivity contribution is 7.12. The van der Waals surface area contributed by atoms with Gasteiger partial charge in [0.2, 0.25) is 0 Å². The van der Waals surface area contributed by atoms with E-state index in [9.17, 15) is 9.59 Å². The summed E-state index contributed by atoms with van der Waals surface area (Å²) in [6.45, 7) is 4.50. The van der Waals surface area contributed by atoms with E-state index in [1.54, 1.807) is 11.4 Å². The summed E-state index contributed by atoms with van der Waals surface area (Å²) in [5.74, 6) is 0.0468. The van der Waals surface area contributed by atoms with Gasteiger partial charge in [-0.1, -0.05) is 13.8 Å². The third-order valence-corrected chi connectivity index (χ3v) is 3.03. The summed E-state index contributed by atoms with van der Waals surface area (Å²) in [4.78, 5) is 25.4. The molecule has 0 atom stereocenters. The Morgan fingerprint density at radius 2 is 2.07 bits per heavy atom. The van der Waals surface area contributed by atoms with Crippen molar-refractivity contribution >= 4 is 23.2 Å². The molecule has 0 N–H and O–H groups in total. The Labute approximate surface area is 86.3 Å². The van der Waals surface area contributed by atoms with Gasteiger partial charge in [-0.2, -0.15) is 0 Å². The fraction of sp³-hybridized carbons (Fsp3) is 0.400. The Morgan fingerprint density at radius 3 is 2.64 bits per heavy atom.